The van der Waals surface area contributed by atoms with Crippen LogP contribution < -0.4 is 28.7 Å². The fraction of sp³-hybridized carbons (Fsp3) is 0.238. The van der Waals surface area contributed by atoms with Crippen molar-refractivity contribution in [2.24, 2.45) is 0 Å². The van der Waals surface area contributed by atoms with Crippen LogP contribution in [0.5, 0.6) is 0 Å². The molecular formula is C21H23Cl2NO2Ti. The predicted molar refractivity (Wildman–Crippen MR) is 97.6 cm³/mol. The second-order valence-electron chi connectivity index (χ2n) is 6.33. The Kier molecular flexibility index (Phi) is 11.2. The maximum Gasteiger partial charge on any atom is -1.00 e. The van der Waals surface area contributed by atoms with Gasteiger partial charge in [0.15, 0.2) is 0 Å². The molecule has 0 bridgehead atoms. The third kappa shape index (κ3) is 7.21. The number of benzene rings is 2. The van der Waals surface area contributed by atoms with E-state index in [9.17, 15) is 0 Å². The summed E-state index contributed by atoms with van der Waals surface area (Å²) >= 11 is -0.799. The Balaban J connectivity index is 0.00000182. The minimum Gasteiger partial charge on any atom is -1.00 e. The van der Waals surface area contributed by atoms with Crippen molar-refractivity contribution in [2.45, 2.75) is 13.0 Å². The molecule has 1 aliphatic rings. The van der Waals surface area contributed by atoms with Gasteiger partial charge < -0.3 is 24.8 Å². The maximum atomic E-state index is 5.61. The van der Waals surface area contributed by atoms with Gasteiger partial charge in [0.05, 0.1) is 0 Å². The zero-order chi connectivity index (χ0) is 17.5. The molecule has 3 nitrogen and oxygen atoms in total. The predicted octanol–water partition coefficient (Wildman–Crippen LogP) is -2.26. The van der Waals surface area contributed by atoms with Gasteiger partial charge in [0.25, 0.3) is 0 Å². The molecule has 0 aliphatic heterocycles. The Hall–Kier alpha value is -0.906. The molecule has 0 spiro atoms. The molecule has 27 heavy (non-hydrogen) atoms. The van der Waals surface area contributed by atoms with E-state index in [1.807, 2.05) is 30.3 Å². The van der Waals surface area contributed by atoms with Crippen molar-refractivity contribution >= 4 is 9.44 Å². The molecule has 0 N–H and O–H groups in total. The summed E-state index contributed by atoms with van der Waals surface area (Å²) in [5.41, 5.74) is 5.25. The summed E-state index contributed by atoms with van der Waals surface area (Å²) in [6.45, 7) is 1.45. The Morgan fingerprint density at radius 2 is 1.67 bits per heavy atom. The maximum absolute atomic E-state index is 5.61. The van der Waals surface area contributed by atoms with Crippen LogP contribution in [0.1, 0.15) is 17.5 Å². The fourth-order valence-electron chi connectivity index (χ4n) is 2.90. The zero-order valence-corrected chi connectivity index (χ0v) is 18.6. The summed E-state index contributed by atoms with van der Waals surface area (Å²) in [6.07, 6.45) is 5.49. The van der Waals surface area contributed by atoms with Gasteiger partial charge in [-0.05, 0) is 0 Å². The SMILES string of the molecule is CN(C)CC1=C(c2cccc[c]2[Ti+2][O]OCc2ccccc2)CC=C1.[Cl-].[Cl-]. The summed E-state index contributed by atoms with van der Waals surface area (Å²) < 4.78 is 6.89. The van der Waals surface area contributed by atoms with Gasteiger partial charge in [-0.1, -0.05) is 0 Å². The smallest absolute Gasteiger partial charge is 1.00 e. The van der Waals surface area contributed by atoms with Crippen LogP contribution in [0, 0.1) is 0 Å². The second kappa shape index (κ2) is 12.5. The van der Waals surface area contributed by atoms with Crippen molar-refractivity contribution in [3.63, 3.8) is 0 Å². The molecule has 0 atom stereocenters. The molecule has 1 aliphatic carbocycles. The Labute approximate surface area is 183 Å². The van der Waals surface area contributed by atoms with Gasteiger partial charge in [0.1, 0.15) is 0 Å². The minimum absolute atomic E-state index is 0. The molecule has 0 unspecified atom stereocenters. The first kappa shape index (κ1) is 24.1. The van der Waals surface area contributed by atoms with E-state index in [1.54, 1.807) is 0 Å². The Morgan fingerprint density at radius 1 is 0.963 bits per heavy atom. The van der Waals surface area contributed by atoms with Crippen LogP contribution >= 0.6 is 0 Å². The van der Waals surface area contributed by atoms with Crippen molar-refractivity contribution in [1.29, 1.82) is 0 Å². The van der Waals surface area contributed by atoms with Gasteiger partial charge in [-0.15, -0.1) is 0 Å². The van der Waals surface area contributed by atoms with E-state index in [0.29, 0.717) is 6.61 Å². The van der Waals surface area contributed by atoms with E-state index in [4.69, 9.17) is 8.36 Å². The largest absolute Gasteiger partial charge is 1.00 e. The second-order valence-corrected chi connectivity index (χ2v) is 7.75. The molecule has 0 radical (unpaired) electrons. The van der Waals surface area contributed by atoms with Gasteiger partial charge in [-0.2, -0.15) is 0 Å². The van der Waals surface area contributed by atoms with Crippen molar-refractivity contribution in [2.75, 3.05) is 20.6 Å². The van der Waals surface area contributed by atoms with Gasteiger partial charge in [0, 0.05) is 0 Å². The van der Waals surface area contributed by atoms with Crippen LogP contribution in [-0.4, -0.2) is 25.5 Å². The van der Waals surface area contributed by atoms with Crippen molar-refractivity contribution < 1.29 is 52.7 Å². The monoisotopic (exact) mass is 439 g/mol. The van der Waals surface area contributed by atoms with Crippen LogP contribution in [0.3, 0.4) is 0 Å². The molecule has 0 aromatic heterocycles. The molecule has 0 saturated heterocycles. The molecule has 6 heteroatoms. The fourth-order valence-corrected chi connectivity index (χ4v) is 4.02. The summed E-state index contributed by atoms with van der Waals surface area (Å²) in [4.78, 5) is 7.66. The topological polar surface area (TPSA) is 21.7 Å². The van der Waals surface area contributed by atoms with Gasteiger partial charge in [0.2, 0.25) is 0 Å². The molecule has 0 fully saturated rings. The molecule has 3 rings (SSSR count). The van der Waals surface area contributed by atoms with Crippen LogP contribution in [0.25, 0.3) is 5.57 Å². The third-order valence-corrected chi connectivity index (χ3v) is 5.38. The number of nitrogens with zero attached hydrogens (tertiary/aromatic N) is 1. The number of hydrogen-bond donors (Lipinski definition) is 0. The summed E-state index contributed by atoms with van der Waals surface area (Å²) in [7, 11) is 4.22. The Morgan fingerprint density at radius 3 is 2.41 bits per heavy atom. The quantitative estimate of drug-likeness (QED) is 0.200. The standard InChI is InChI=1S/C14H16N.C7H8O2.2ClH.Ti/c1-15(2)11-13-9-6-10-14(13)12-7-4-3-5-8-12;8-9-6-7-4-2-1-3-5-7;;;/h3-7,9H,10-11H2,1-2H3;1-5,8H,6H2;2*1H;/q;;;;+3/p-3. The van der Waals surface area contributed by atoms with E-state index in [2.05, 4.69) is 55.4 Å². The average molecular weight is 440 g/mol. The van der Waals surface area contributed by atoms with Crippen LogP contribution in [0.4, 0.5) is 0 Å². The van der Waals surface area contributed by atoms with E-state index >= 15 is 0 Å². The number of hydrogen-bond acceptors (Lipinski definition) is 3. The van der Waals surface area contributed by atoms with Crippen molar-refractivity contribution in [3.8, 4) is 0 Å². The molecule has 0 heterocycles. The molecular weight excluding hydrogens is 417 g/mol. The van der Waals surface area contributed by atoms with E-state index in [1.165, 1.54) is 20.6 Å². The average Bonchev–Trinajstić information content (AvgIpc) is 3.07. The number of rotatable bonds is 8. The van der Waals surface area contributed by atoms with Crippen LogP contribution in [0.2, 0.25) is 0 Å². The molecule has 0 amide bonds. The first-order valence-corrected chi connectivity index (χ1v) is 9.87. The number of likely N-dealkylation sites (N-methyl/N-ethyl adjacent to an activating group) is 1. The zero-order valence-electron chi connectivity index (χ0n) is 15.5. The Bertz CT molecular complexity index is 764. The van der Waals surface area contributed by atoms with Crippen molar-refractivity contribution in [3.05, 3.63) is 83.4 Å². The van der Waals surface area contributed by atoms with Gasteiger partial charge >= 0.3 is 159 Å². The van der Waals surface area contributed by atoms with Crippen molar-refractivity contribution in [1.82, 2.24) is 4.90 Å². The first-order valence-electron chi connectivity index (χ1n) is 8.45. The first-order chi connectivity index (χ1) is 12.2. The molecule has 142 valence electrons. The summed E-state index contributed by atoms with van der Waals surface area (Å²) in [6, 6.07) is 18.7. The van der Waals surface area contributed by atoms with Crippen LogP contribution in [-0.2, 0) is 34.5 Å². The number of allylic oxidation sites excluding steroid dienone is 2. The third-order valence-electron chi connectivity index (χ3n) is 4.05. The molecule has 0 saturated carbocycles. The molecule has 2 aromatic carbocycles. The normalized spacial score (nSPS) is 12.6. The van der Waals surface area contributed by atoms with E-state index in [0.717, 1.165) is 18.5 Å². The minimum atomic E-state index is -0.799. The molecule has 2 aromatic rings. The van der Waals surface area contributed by atoms with Gasteiger partial charge in [-0.3, -0.25) is 0 Å². The van der Waals surface area contributed by atoms with E-state index < -0.39 is 19.5 Å². The summed E-state index contributed by atoms with van der Waals surface area (Å²) in [5, 5.41) is 0. The number of halogens is 2. The van der Waals surface area contributed by atoms with Gasteiger partial charge in [-0.25, -0.2) is 0 Å². The summed E-state index contributed by atoms with van der Waals surface area (Å²) in [5.74, 6) is 0. The van der Waals surface area contributed by atoms with Crippen LogP contribution in [0.15, 0.2) is 72.3 Å². The van der Waals surface area contributed by atoms with E-state index in [-0.39, 0.29) is 24.8 Å².